The lowest BCUT2D eigenvalue weighted by molar-refractivity contribution is 0.134. The minimum atomic E-state index is 0.185. The molecule has 0 fully saturated rings. The van der Waals surface area contributed by atoms with Crippen molar-refractivity contribution in [3.63, 3.8) is 0 Å². The molecule has 1 N–H and O–H groups in total. The molecule has 0 aliphatic rings. The first-order valence-electron chi connectivity index (χ1n) is 7.70. The zero-order valence-corrected chi connectivity index (χ0v) is 15.1. The van der Waals surface area contributed by atoms with E-state index in [1.165, 1.54) is 4.88 Å². The molecule has 2 nitrogen and oxygen atoms in total. The first-order chi connectivity index (χ1) is 9.20. The van der Waals surface area contributed by atoms with Gasteiger partial charge in [0.05, 0.1) is 0 Å². The van der Waals surface area contributed by atoms with E-state index in [4.69, 9.17) is 0 Å². The molecule has 0 saturated carbocycles. The SMILES string of the molecule is CC(C)C(CNC(C)(C)C)N(C)C(C)Cc1cccs1. The van der Waals surface area contributed by atoms with E-state index in [9.17, 15) is 0 Å². The van der Waals surface area contributed by atoms with E-state index in [0.717, 1.165) is 13.0 Å². The van der Waals surface area contributed by atoms with E-state index in [0.29, 0.717) is 18.0 Å². The van der Waals surface area contributed by atoms with Crippen LogP contribution in [0.25, 0.3) is 0 Å². The molecular weight excluding hydrogens is 264 g/mol. The van der Waals surface area contributed by atoms with Gasteiger partial charge >= 0.3 is 0 Å². The van der Waals surface area contributed by atoms with Crippen LogP contribution in [0.5, 0.6) is 0 Å². The summed E-state index contributed by atoms with van der Waals surface area (Å²) in [4.78, 5) is 4.03. The van der Waals surface area contributed by atoms with Crippen molar-refractivity contribution in [2.24, 2.45) is 5.92 Å². The first-order valence-corrected chi connectivity index (χ1v) is 8.58. The van der Waals surface area contributed by atoms with Gasteiger partial charge < -0.3 is 5.32 Å². The second kappa shape index (κ2) is 7.58. The van der Waals surface area contributed by atoms with Crippen molar-refractivity contribution in [3.05, 3.63) is 22.4 Å². The summed E-state index contributed by atoms with van der Waals surface area (Å²) in [7, 11) is 2.27. The van der Waals surface area contributed by atoms with Crippen LogP contribution in [-0.4, -0.2) is 36.1 Å². The van der Waals surface area contributed by atoms with E-state index in [-0.39, 0.29) is 5.54 Å². The summed E-state index contributed by atoms with van der Waals surface area (Å²) in [6.07, 6.45) is 1.15. The first kappa shape index (κ1) is 17.7. The van der Waals surface area contributed by atoms with Gasteiger partial charge in [0.25, 0.3) is 0 Å². The van der Waals surface area contributed by atoms with Gasteiger partial charge in [-0.05, 0) is 58.5 Å². The third-order valence-electron chi connectivity index (χ3n) is 3.91. The molecule has 3 heteroatoms. The van der Waals surface area contributed by atoms with Crippen molar-refractivity contribution < 1.29 is 0 Å². The van der Waals surface area contributed by atoms with E-state index >= 15 is 0 Å². The van der Waals surface area contributed by atoms with Crippen molar-refractivity contribution in [3.8, 4) is 0 Å². The summed E-state index contributed by atoms with van der Waals surface area (Å²) >= 11 is 1.86. The Morgan fingerprint density at radius 2 is 1.90 bits per heavy atom. The molecule has 116 valence electrons. The fraction of sp³-hybridized carbons (Fsp3) is 0.765. The highest BCUT2D eigenvalue weighted by Gasteiger charge is 2.24. The number of hydrogen-bond donors (Lipinski definition) is 1. The van der Waals surface area contributed by atoms with E-state index in [1.54, 1.807) is 0 Å². The molecule has 2 unspecified atom stereocenters. The monoisotopic (exact) mass is 296 g/mol. The Morgan fingerprint density at radius 3 is 2.35 bits per heavy atom. The molecule has 0 spiro atoms. The smallest absolute Gasteiger partial charge is 0.0243 e. The van der Waals surface area contributed by atoms with Gasteiger partial charge in [-0.2, -0.15) is 0 Å². The number of thiophene rings is 1. The Kier molecular flexibility index (Phi) is 6.70. The zero-order valence-electron chi connectivity index (χ0n) is 14.2. The maximum atomic E-state index is 3.66. The van der Waals surface area contributed by atoms with E-state index in [1.807, 2.05) is 11.3 Å². The molecule has 1 rings (SSSR count). The third-order valence-corrected chi connectivity index (χ3v) is 4.80. The fourth-order valence-electron chi connectivity index (χ4n) is 2.45. The highest BCUT2D eigenvalue weighted by molar-refractivity contribution is 7.09. The molecule has 0 aromatic carbocycles. The number of nitrogens with one attached hydrogen (secondary N) is 1. The van der Waals surface area contributed by atoms with Crippen molar-refractivity contribution in [2.45, 2.75) is 65.6 Å². The zero-order chi connectivity index (χ0) is 15.3. The van der Waals surface area contributed by atoms with Crippen LogP contribution >= 0.6 is 11.3 Å². The van der Waals surface area contributed by atoms with Crippen LogP contribution < -0.4 is 5.32 Å². The van der Waals surface area contributed by atoms with E-state index < -0.39 is 0 Å². The van der Waals surface area contributed by atoms with Gasteiger partial charge in [0.2, 0.25) is 0 Å². The minimum Gasteiger partial charge on any atom is -0.311 e. The Bertz CT molecular complexity index is 365. The van der Waals surface area contributed by atoms with Gasteiger partial charge in [-0.15, -0.1) is 11.3 Å². The molecule has 1 heterocycles. The lowest BCUT2D eigenvalue weighted by Crippen LogP contribution is -2.51. The highest BCUT2D eigenvalue weighted by atomic mass is 32.1. The number of likely N-dealkylation sites (N-methyl/N-ethyl adjacent to an activating group) is 1. The van der Waals surface area contributed by atoms with Crippen LogP contribution in [0.3, 0.4) is 0 Å². The fourth-order valence-corrected chi connectivity index (χ4v) is 3.28. The molecule has 20 heavy (non-hydrogen) atoms. The Morgan fingerprint density at radius 1 is 1.25 bits per heavy atom. The van der Waals surface area contributed by atoms with Gasteiger partial charge in [-0.25, -0.2) is 0 Å². The quantitative estimate of drug-likeness (QED) is 0.817. The summed E-state index contributed by atoms with van der Waals surface area (Å²) in [5.74, 6) is 0.653. The molecule has 1 aromatic heterocycles. The Balaban J connectivity index is 2.60. The molecule has 0 radical (unpaired) electrons. The largest absolute Gasteiger partial charge is 0.311 e. The minimum absolute atomic E-state index is 0.185. The highest BCUT2D eigenvalue weighted by Crippen LogP contribution is 2.18. The molecule has 0 aliphatic carbocycles. The molecule has 2 atom stereocenters. The summed E-state index contributed by atoms with van der Waals surface area (Å²) < 4.78 is 0. The summed E-state index contributed by atoms with van der Waals surface area (Å²) in [6, 6.07) is 5.53. The second-order valence-corrected chi connectivity index (χ2v) is 8.27. The third kappa shape index (κ3) is 5.94. The molecular formula is C17H32N2S. The predicted octanol–water partition coefficient (Wildman–Crippen LogP) is 4.02. The molecule has 0 aliphatic heterocycles. The summed E-state index contributed by atoms with van der Waals surface area (Å²) in [5.41, 5.74) is 0.185. The van der Waals surface area contributed by atoms with Gasteiger partial charge in [0, 0.05) is 29.0 Å². The van der Waals surface area contributed by atoms with Crippen molar-refractivity contribution in [1.29, 1.82) is 0 Å². The average molecular weight is 297 g/mol. The maximum absolute atomic E-state index is 3.66. The molecule has 0 amide bonds. The van der Waals surface area contributed by atoms with Crippen LogP contribution in [-0.2, 0) is 6.42 Å². The van der Waals surface area contributed by atoms with Gasteiger partial charge in [0.1, 0.15) is 0 Å². The Labute approximate surface area is 129 Å². The maximum Gasteiger partial charge on any atom is 0.0243 e. The van der Waals surface area contributed by atoms with Crippen molar-refractivity contribution >= 4 is 11.3 Å². The number of hydrogen-bond acceptors (Lipinski definition) is 3. The summed E-state index contributed by atoms with van der Waals surface area (Å²) in [6.45, 7) is 14.7. The van der Waals surface area contributed by atoms with Gasteiger partial charge in [0.15, 0.2) is 0 Å². The lowest BCUT2D eigenvalue weighted by Gasteiger charge is -2.37. The topological polar surface area (TPSA) is 15.3 Å². The number of rotatable bonds is 7. The van der Waals surface area contributed by atoms with Crippen LogP contribution in [0.15, 0.2) is 17.5 Å². The predicted molar refractivity (Wildman–Crippen MR) is 91.6 cm³/mol. The van der Waals surface area contributed by atoms with E-state index in [2.05, 4.69) is 76.3 Å². The normalized spacial score (nSPS) is 15.8. The molecule has 0 saturated heterocycles. The van der Waals surface area contributed by atoms with Gasteiger partial charge in [-0.1, -0.05) is 19.9 Å². The van der Waals surface area contributed by atoms with Crippen LogP contribution in [0, 0.1) is 5.92 Å². The molecule has 1 aromatic rings. The van der Waals surface area contributed by atoms with Crippen LogP contribution in [0.2, 0.25) is 0 Å². The van der Waals surface area contributed by atoms with Crippen molar-refractivity contribution in [2.75, 3.05) is 13.6 Å². The van der Waals surface area contributed by atoms with Crippen molar-refractivity contribution in [1.82, 2.24) is 10.2 Å². The number of nitrogens with zero attached hydrogens (tertiary/aromatic N) is 1. The second-order valence-electron chi connectivity index (χ2n) is 7.24. The van der Waals surface area contributed by atoms with Crippen LogP contribution in [0.1, 0.15) is 46.4 Å². The Hall–Kier alpha value is -0.380. The van der Waals surface area contributed by atoms with Crippen LogP contribution in [0.4, 0.5) is 0 Å². The summed E-state index contributed by atoms with van der Waals surface area (Å²) in [5, 5.41) is 5.83. The lowest BCUT2D eigenvalue weighted by atomic mass is 9.98. The van der Waals surface area contributed by atoms with Gasteiger partial charge in [-0.3, -0.25) is 4.90 Å². The molecule has 0 bridgehead atoms. The standard InChI is InChI=1S/C17H32N2S/c1-13(2)16(12-18-17(4,5)6)19(7)14(3)11-15-9-8-10-20-15/h8-10,13-14,16,18H,11-12H2,1-7H3. The average Bonchev–Trinajstić information content (AvgIpc) is 2.79.